The van der Waals surface area contributed by atoms with E-state index in [1.165, 1.54) is 23.5 Å². The lowest BCUT2D eigenvalue weighted by atomic mass is 10.2. The number of ether oxygens (including phenoxy) is 1. The molecule has 1 amide bonds. The Hall–Kier alpha value is -1.85. The topological polar surface area (TPSA) is 38.8 Å². The fourth-order valence-electron chi connectivity index (χ4n) is 1.89. The van der Waals surface area contributed by atoms with Crippen LogP contribution >= 0.6 is 11.3 Å². The first-order chi connectivity index (χ1) is 10.5. The molecule has 0 spiro atoms. The van der Waals surface area contributed by atoms with Crippen LogP contribution in [-0.2, 0) is 11.4 Å². The van der Waals surface area contributed by atoms with Crippen molar-refractivity contribution in [3.05, 3.63) is 51.7 Å². The van der Waals surface area contributed by atoms with Crippen molar-refractivity contribution in [2.24, 2.45) is 0 Å². The summed E-state index contributed by atoms with van der Waals surface area (Å²) in [6.07, 6.45) is 0. The molecule has 0 saturated heterocycles. The van der Waals surface area contributed by atoms with Gasteiger partial charge < -0.3 is 4.74 Å². The zero-order valence-electron chi connectivity index (χ0n) is 13.3. The third-order valence-corrected chi connectivity index (χ3v) is 4.68. The van der Waals surface area contributed by atoms with Gasteiger partial charge >= 0.3 is 0 Å². The zero-order valence-corrected chi connectivity index (χ0v) is 14.1. The highest BCUT2D eigenvalue weighted by Gasteiger charge is 2.22. The van der Waals surface area contributed by atoms with Crippen molar-refractivity contribution in [2.75, 3.05) is 14.2 Å². The van der Waals surface area contributed by atoms with Crippen LogP contribution in [0.15, 0.2) is 36.4 Å². The van der Waals surface area contributed by atoms with E-state index in [-0.39, 0.29) is 5.91 Å². The Morgan fingerprint density at radius 2 is 1.95 bits per heavy atom. The number of hydroxylamine groups is 2. The maximum Gasteiger partial charge on any atom is 0.291 e. The van der Waals surface area contributed by atoms with Crippen molar-refractivity contribution in [3.63, 3.8) is 0 Å². The highest BCUT2D eigenvalue weighted by Crippen LogP contribution is 2.35. The van der Waals surface area contributed by atoms with E-state index in [0.29, 0.717) is 23.2 Å². The van der Waals surface area contributed by atoms with Crippen LogP contribution in [0.1, 0.15) is 39.9 Å². The third-order valence-electron chi connectivity index (χ3n) is 3.28. The predicted octanol–water partition coefficient (Wildman–Crippen LogP) is 4.08. The largest absolute Gasteiger partial charge is 0.487 e. The standard InChI is InChI=1S/C17H21NO3S/c1-12(2)15-10-14(16(22-15)17(19)18(3)20-4)21-11-13-8-6-5-7-9-13/h5-10,12H,11H2,1-4H3. The Balaban J connectivity index is 2.23. The predicted molar refractivity (Wildman–Crippen MR) is 88.3 cm³/mol. The Kier molecular flexibility index (Phi) is 5.57. The van der Waals surface area contributed by atoms with Crippen molar-refractivity contribution in [2.45, 2.75) is 26.4 Å². The summed E-state index contributed by atoms with van der Waals surface area (Å²) in [5.41, 5.74) is 1.07. The number of hydrogen-bond donors (Lipinski definition) is 0. The van der Waals surface area contributed by atoms with Gasteiger partial charge in [0.15, 0.2) is 0 Å². The second-order valence-corrected chi connectivity index (χ2v) is 6.34. The van der Waals surface area contributed by atoms with Crippen LogP contribution in [0.4, 0.5) is 0 Å². The van der Waals surface area contributed by atoms with Gasteiger partial charge in [-0.2, -0.15) is 0 Å². The molecule has 118 valence electrons. The second kappa shape index (κ2) is 7.42. The number of benzene rings is 1. The summed E-state index contributed by atoms with van der Waals surface area (Å²) in [4.78, 5) is 19.1. The summed E-state index contributed by atoms with van der Waals surface area (Å²) in [6.45, 7) is 4.63. The minimum atomic E-state index is -0.192. The van der Waals surface area contributed by atoms with E-state index in [1.54, 1.807) is 7.05 Å². The molecule has 0 saturated carbocycles. The van der Waals surface area contributed by atoms with Crippen LogP contribution in [0.3, 0.4) is 0 Å². The summed E-state index contributed by atoms with van der Waals surface area (Å²) in [7, 11) is 3.07. The average molecular weight is 319 g/mol. The molecule has 22 heavy (non-hydrogen) atoms. The lowest BCUT2D eigenvalue weighted by Gasteiger charge is -2.13. The van der Waals surface area contributed by atoms with E-state index < -0.39 is 0 Å². The third kappa shape index (κ3) is 3.87. The maximum atomic E-state index is 12.4. The highest BCUT2D eigenvalue weighted by molar-refractivity contribution is 7.14. The fraction of sp³-hybridized carbons (Fsp3) is 0.353. The summed E-state index contributed by atoms with van der Waals surface area (Å²) >= 11 is 1.46. The number of carbonyl (C=O) groups excluding carboxylic acids is 1. The summed E-state index contributed by atoms with van der Waals surface area (Å²) in [5, 5.41) is 1.21. The van der Waals surface area contributed by atoms with E-state index in [1.807, 2.05) is 36.4 Å². The molecule has 0 fully saturated rings. The normalized spacial score (nSPS) is 10.8. The first kappa shape index (κ1) is 16.5. The highest BCUT2D eigenvalue weighted by atomic mass is 32.1. The summed E-state index contributed by atoms with van der Waals surface area (Å²) < 4.78 is 5.88. The van der Waals surface area contributed by atoms with Crippen molar-refractivity contribution in [1.29, 1.82) is 0 Å². The van der Waals surface area contributed by atoms with Crippen LogP contribution in [0.2, 0.25) is 0 Å². The maximum absolute atomic E-state index is 12.4. The molecule has 1 aromatic carbocycles. The van der Waals surface area contributed by atoms with Crippen LogP contribution in [0, 0.1) is 0 Å². The first-order valence-electron chi connectivity index (χ1n) is 7.15. The molecule has 5 heteroatoms. The van der Waals surface area contributed by atoms with Crippen molar-refractivity contribution >= 4 is 17.2 Å². The van der Waals surface area contributed by atoms with Gasteiger partial charge in [0, 0.05) is 11.9 Å². The van der Waals surface area contributed by atoms with Gasteiger partial charge in [0.1, 0.15) is 17.2 Å². The molecule has 0 unspecified atom stereocenters. The molecule has 2 rings (SSSR count). The zero-order chi connectivity index (χ0) is 16.1. The molecule has 0 aliphatic heterocycles. The average Bonchev–Trinajstić information content (AvgIpc) is 2.97. The van der Waals surface area contributed by atoms with Gasteiger partial charge in [0.25, 0.3) is 5.91 Å². The van der Waals surface area contributed by atoms with E-state index in [4.69, 9.17) is 9.57 Å². The molecule has 2 aromatic rings. The first-order valence-corrected chi connectivity index (χ1v) is 7.97. The molecule has 4 nitrogen and oxygen atoms in total. The van der Waals surface area contributed by atoms with Crippen LogP contribution in [0.5, 0.6) is 5.75 Å². The fourth-order valence-corrected chi connectivity index (χ4v) is 2.97. The molecule has 0 aliphatic rings. The van der Waals surface area contributed by atoms with Gasteiger partial charge in [-0.25, -0.2) is 5.06 Å². The minimum Gasteiger partial charge on any atom is -0.487 e. The minimum absolute atomic E-state index is 0.192. The van der Waals surface area contributed by atoms with E-state index in [2.05, 4.69) is 13.8 Å². The van der Waals surface area contributed by atoms with Crippen LogP contribution < -0.4 is 4.74 Å². The number of rotatable bonds is 6. The Morgan fingerprint density at radius 3 is 2.55 bits per heavy atom. The van der Waals surface area contributed by atoms with Crippen LogP contribution in [0.25, 0.3) is 0 Å². The van der Waals surface area contributed by atoms with E-state index in [9.17, 15) is 4.79 Å². The molecule has 1 heterocycles. The summed E-state index contributed by atoms with van der Waals surface area (Å²) in [6, 6.07) is 11.9. The number of amides is 1. The number of thiophene rings is 1. The molecule has 0 atom stereocenters. The van der Waals surface area contributed by atoms with E-state index >= 15 is 0 Å². The van der Waals surface area contributed by atoms with Gasteiger partial charge in [0.05, 0.1) is 7.11 Å². The lowest BCUT2D eigenvalue weighted by Crippen LogP contribution is -2.24. The van der Waals surface area contributed by atoms with Gasteiger partial charge in [-0.1, -0.05) is 44.2 Å². The number of hydrogen-bond acceptors (Lipinski definition) is 4. The Morgan fingerprint density at radius 1 is 1.27 bits per heavy atom. The van der Waals surface area contributed by atoms with Gasteiger partial charge in [-0.05, 0) is 17.5 Å². The lowest BCUT2D eigenvalue weighted by molar-refractivity contribution is -0.0755. The van der Waals surface area contributed by atoms with Crippen LogP contribution in [-0.4, -0.2) is 25.1 Å². The molecular formula is C17H21NO3S. The Bertz CT molecular complexity index is 622. The molecular weight excluding hydrogens is 298 g/mol. The quantitative estimate of drug-likeness (QED) is 0.753. The molecule has 0 aliphatic carbocycles. The smallest absolute Gasteiger partial charge is 0.291 e. The van der Waals surface area contributed by atoms with Gasteiger partial charge in [-0.15, -0.1) is 11.3 Å². The molecule has 0 N–H and O–H groups in total. The Labute approximate surface area is 135 Å². The number of carbonyl (C=O) groups is 1. The van der Waals surface area contributed by atoms with E-state index in [0.717, 1.165) is 10.4 Å². The monoisotopic (exact) mass is 319 g/mol. The van der Waals surface area contributed by atoms with Crippen molar-refractivity contribution in [1.82, 2.24) is 5.06 Å². The van der Waals surface area contributed by atoms with Gasteiger partial charge in [-0.3, -0.25) is 9.63 Å². The number of nitrogens with zero attached hydrogens (tertiary/aromatic N) is 1. The van der Waals surface area contributed by atoms with Crippen molar-refractivity contribution in [3.8, 4) is 5.75 Å². The molecule has 0 bridgehead atoms. The SMILES string of the molecule is CON(C)C(=O)c1sc(C(C)C)cc1OCc1ccccc1. The molecule has 1 aromatic heterocycles. The summed E-state index contributed by atoms with van der Waals surface area (Å²) in [5.74, 6) is 0.771. The van der Waals surface area contributed by atoms with Gasteiger partial charge in [0.2, 0.25) is 0 Å². The second-order valence-electron chi connectivity index (χ2n) is 5.26. The van der Waals surface area contributed by atoms with Crippen molar-refractivity contribution < 1.29 is 14.4 Å². The molecule has 0 radical (unpaired) electrons.